The average Bonchev–Trinajstić information content (AvgIpc) is 2.32. The lowest BCUT2D eigenvalue weighted by Crippen LogP contribution is -2.43. The summed E-state index contributed by atoms with van der Waals surface area (Å²) in [4.78, 5) is 32.6. The van der Waals surface area contributed by atoms with Crippen LogP contribution < -0.4 is 11.1 Å². The second-order valence-electron chi connectivity index (χ2n) is 5.18. The number of amides is 1. The second kappa shape index (κ2) is 7.85. The Hall–Kier alpha value is -1.47. The van der Waals surface area contributed by atoms with Crippen LogP contribution in [-0.4, -0.2) is 47.1 Å². The van der Waals surface area contributed by atoms with E-state index in [4.69, 9.17) is 10.8 Å². The molecule has 110 valence electrons. The Balaban J connectivity index is 4.14. The topological polar surface area (TPSA) is 130 Å². The molecule has 2 unspecified atom stereocenters. The molecule has 0 saturated heterocycles. The van der Waals surface area contributed by atoms with Crippen molar-refractivity contribution in [2.24, 2.45) is 11.1 Å². The zero-order valence-corrected chi connectivity index (χ0v) is 11.3. The van der Waals surface area contributed by atoms with Crippen LogP contribution in [-0.2, 0) is 14.4 Å². The molecule has 0 fully saturated rings. The van der Waals surface area contributed by atoms with Gasteiger partial charge in [0.05, 0.1) is 12.1 Å². The average molecular weight is 274 g/mol. The maximum Gasteiger partial charge on any atom is 0.303 e. The van der Waals surface area contributed by atoms with Crippen LogP contribution in [0.1, 0.15) is 33.1 Å². The SMILES string of the molecule is CC(C)(CC(N)C=O)C(=O)NCC(O)CCC(=O)O. The van der Waals surface area contributed by atoms with Gasteiger partial charge in [0.15, 0.2) is 0 Å². The molecule has 0 heterocycles. The van der Waals surface area contributed by atoms with Gasteiger partial charge in [-0.25, -0.2) is 0 Å². The molecular formula is C12H22N2O5. The van der Waals surface area contributed by atoms with Crippen molar-refractivity contribution in [1.29, 1.82) is 0 Å². The van der Waals surface area contributed by atoms with Crippen molar-refractivity contribution >= 4 is 18.2 Å². The van der Waals surface area contributed by atoms with Gasteiger partial charge in [-0.05, 0) is 12.8 Å². The number of aliphatic carboxylic acids is 1. The highest BCUT2D eigenvalue weighted by atomic mass is 16.4. The molecule has 1 amide bonds. The fourth-order valence-electron chi connectivity index (χ4n) is 1.57. The number of nitrogens with two attached hydrogens (primary N) is 1. The number of hydrogen-bond donors (Lipinski definition) is 4. The molecule has 0 bridgehead atoms. The fourth-order valence-corrected chi connectivity index (χ4v) is 1.57. The number of carbonyl (C=O) groups excluding carboxylic acids is 2. The second-order valence-corrected chi connectivity index (χ2v) is 5.18. The molecule has 0 saturated carbocycles. The quantitative estimate of drug-likeness (QED) is 0.410. The van der Waals surface area contributed by atoms with Gasteiger partial charge in [0.25, 0.3) is 0 Å². The van der Waals surface area contributed by atoms with Gasteiger partial charge < -0.3 is 26.1 Å². The molecule has 0 aromatic rings. The molecule has 0 rings (SSSR count). The first-order valence-electron chi connectivity index (χ1n) is 6.08. The zero-order valence-electron chi connectivity index (χ0n) is 11.3. The summed E-state index contributed by atoms with van der Waals surface area (Å²) in [5, 5.41) is 20.5. The Labute approximate surface area is 112 Å². The molecule has 0 aromatic carbocycles. The van der Waals surface area contributed by atoms with Gasteiger partial charge in [0.1, 0.15) is 6.29 Å². The number of carboxylic acids is 1. The first kappa shape index (κ1) is 17.5. The largest absolute Gasteiger partial charge is 0.481 e. The lowest BCUT2D eigenvalue weighted by atomic mass is 9.85. The number of nitrogens with one attached hydrogen (secondary N) is 1. The Kier molecular flexibility index (Phi) is 7.25. The highest BCUT2D eigenvalue weighted by Crippen LogP contribution is 2.21. The Morgan fingerprint density at radius 3 is 2.47 bits per heavy atom. The summed E-state index contributed by atoms with van der Waals surface area (Å²) in [5.74, 6) is -1.33. The van der Waals surface area contributed by atoms with Gasteiger partial charge in [-0.1, -0.05) is 13.8 Å². The third kappa shape index (κ3) is 7.53. The normalized spacial score (nSPS) is 14.5. The molecule has 7 nitrogen and oxygen atoms in total. The van der Waals surface area contributed by atoms with Crippen LogP contribution in [0.5, 0.6) is 0 Å². The minimum Gasteiger partial charge on any atom is -0.481 e. The van der Waals surface area contributed by atoms with Crippen LogP contribution in [0.4, 0.5) is 0 Å². The van der Waals surface area contributed by atoms with Crippen molar-refractivity contribution in [3.63, 3.8) is 0 Å². The fraction of sp³-hybridized carbons (Fsp3) is 0.750. The lowest BCUT2D eigenvalue weighted by molar-refractivity contribution is -0.137. The van der Waals surface area contributed by atoms with E-state index in [2.05, 4.69) is 5.32 Å². The van der Waals surface area contributed by atoms with Crippen LogP contribution in [0, 0.1) is 5.41 Å². The monoisotopic (exact) mass is 274 g/mol. The van der Waals surface area contributed by atoms with Crippen LogP contribution in [0.15, 0.2) is 0 Å². The summed E-state index contributed by atoms with van der Waals surface area (Å²) in [6.07, 6.45) is -0.208. The van der Waals surface area contributed by atoms with Crippen molar-refractivity contribution in [2.75, 3.05) is 6.54 Å². The third-order valence-corrected chi connectivity index (χ3v) is 2.73. The van der Waals surface area contributed by atoms with Crippen molar-refractivity contribution in [1.82, 2.24) is 5.32 Å². The molecule has 0 aromatic heterocycles. The van der Waals surface area contributed by atoms with E-state index >= 15 is 0 Å². The van der Waals surface area contributed by atoms with Crippen molar-refractivity contribution < 1.29 is 24.6 Å². The van der Waals surface area contributed by atoms with Gasteiger partial charge in [-0.2, -0.15) is 0 Å². The van der Waals surface area contributed by atoms with Crippen LogP contribution in [0.25, 0.3) is 0 Å². The number of aliphatic hydroxyl groups is 1. The highest BCUT2D eigenvalue weighted by molar-refractivity contribution is 5.82. The van der Waals surface area contributed by atoms with Crippen molar-refractivity contribution in [3.05, 3.63) is 0 Å². The van der Waals surface area contributed by atoms with E-state index in [9.17, 15) is 19.5 Å². The van der Waals surface area contributed by atoms with Gasteiger partial charge >= 0.3 is 5.97 Å². The van der Waals surface area contributed by atoms with Crippen molar-refractivity contribution in [3.8, 4) is 0 Å². The summed E-state index contributed by atoms with van der Waals surface area (Å²) in [5.41, 5.74) is 4.64. The molecule has 0 aliphatic carbocycles. The number of carbonyl (C=O) groups is 3. The summed E-state index contributed by atoms with van der Waals surface area (Å²) in [7, 11) is 0. The van der Waals surface area contributed by atoms with E-state index in [0.717, 1.165) is 0 Å². The van der Waals surface area contributed by atoms with Gasteiger partial charge in [0.2, 0.25) is 5.91 Å². The Bertz CT molecular complexity index is 330. The number of rotatable bonds is 9. The van der Waals surface area contributed by atoms with Gasteiger partial charge in [0, 0.05) is 18.4 Å². The van der Waals surface area contributed by atoms with E-state index in [1.807, 2.05) is 0 Å². The minimum atomic E-state index is -0.998. The predicted molar refractivity (Wildman–Crippen MR) is 68.3 cm³/mol. The summed E-state index contributed by atoms with van der Waals surface area (Å²) in [6, 6.07) is -0.710. The smallest absolute Gasteiger partial charge is 0.303 e. The van der Waals surface area contributed by atoms with E-state index in [1.54, 1.807) is 13.8 Å². The molecule has 2 atom stereocenters. The maximum absolute atomic E-state index is 11.8. The van der Waals surface area contributed by atoms with Crippen LogP contribution >= 0.6 is 0 Å². The van der Waals surface area contributed by atoms with Crippen LogP contribution in [0.2, 0.25) is 0 Å². The molecule has 0 aliphatic heterocycles. The van der Waals surface area contributed by atoms with Gasteiger partial charge in [-0.3, -0.25) is 9.59 Å². The number of aldehydes is 1. The molecule has 0 aliphatic rings. The first-order valence-corrected chi connectivity index (χ1v) is 6.08. The lowest BCUT2D eigenvalue weighted by Gasteiger charge is -2.25. The van der Waals surface area contributed by atoms with E-state index in [-0.39, 0.29) is 31.7 Å². The Morgan fingerprint density at radius 2 is 2.00 bits per heavy atom. The Morgan fingerprint density at radius 1 is 1.42 bits per heavy atom. The zero-order chi connectivity index (χ0) is 15.1. The summed E-state index contributed by atoms with van der Waals surface area (Å²) < 4.78 is 0. The molecule has 0 radical (unpaired) electrons. The standard InChI is InChI=1S/C12H22N2O5/c1-12(2,5-8(13)7-15)11(19)14-6-9(16)3-4-10(17)18/h7-9,16H,3-6,13H2,1-2H3,(H,14,19)(H,17,18). The number of hydrogen-bond acceptors (Lipinski definition) is 5. The third-order valence-electron chi connectivity index (χ3n) is 2.73. The first-order chi connectivity index (χ1) is 8.69. The molecule has 0 spiro atoms. The summed E-state index contributed by atoms with van der Waals surface area (Å²) in [6.45, 7) is 3.27. The van der Waals surface area contributed by atoms with Crippen LogP contribution in [0.3, 0.4) is 0 Å². The number of aliphatic hydroxyl groups excluding tert-OH is 1. The van der Waals surface area contributed by atoms with E-state index in [0.29, 0.717) is 6.29 Å². The molecular weight excluding hydrogens is 252 g/mol. The predicted octanol–water partition coefficient (Wildman–Crippen LogP) is -0.729. The van der Waals surface area contributed by atoms with E-state index < -0.39 is 23.5 Å². The number of carboxylic acid groups (broad SMARTS) is 1. The van der Waals surface area contributed by atoms with Crippen molar-refractivity contribution in [2.45, 2.75) is 45.3 Å². The maximum atomic E-state index is 11.8. The molecule has 7 heteroatoms. The molecule has 5 N–H and O–H groups in total. The van der Waals surface area contributed by atoms with E-state index in [1.165, 1.54) is 0 Å². The minimum absolute atomic E-state index is 0.0220. The highest BCUT2D eigenvalue weighted by Gasteiger charge is 2.29. The molecule has 19 heavy (non-hydrogen) atoms. The summed E-state index contributed by atoms with van der Waals surface area (Å²) >= 11 is 0. The van der Waals surface area contributed by atoms with Gasteiger partial charge in [-0.15, -0.1) is 0 Å².